The van der Waals surface area contributed by atoms with Gasteiger partial charge in [-0.2, -0.15) is 0 Å². The van der Waals surface area contributed by atoms with E-state index in [2.05, 4.69) is 10.3 Å². The first-order valence-corrected chi connectivity index (χ1v) is 9.57. The maximum absolute atomic E-state index is 12.4. The van der Waals surface area contributed by atoms with Crippen LogP contribution in [0, 0.1) is 6.92 Å². The van der Waals surface area contributed by atoms with Crippen LogP contribution in [0.3, 0.4) is 0 Å². The van der Waals surface area contributed by atoms with Crippen molar-refractivity contribution in [2.75, 3.05) is 23.7 Å². The number of aromatic nitrogens is 2. The number of nitrogens with two attached hydrogens (primary N) is 1. The molecule has 2 rings (SSSR count). The van der Waals surface area contributed by atoms with Crippen molar-refractivity contribution < 1.29 is 4.79 Å². The number of carbonyl (C=O) groups is 1. The second-order valence-electron chi connectivity index (χ2n) is 6.77. The Morgan fingerprint density at radius 3 is 2.50 bits per heavy atom. The summed E-state index contributed by atoms with van der Waals surface area (Å²) in [7, 11) is 0. The van der Waals surface area contributed by atoms with Crippen molar-refractivity contribution in [3.8, 4) is 0 Å². The number of nitrogens with one attached hydrogen (secondary N) is 2. The molecule has 8 nitrogen and oxygen atoms in total. The van der Waals surface area contributed by atoms with Gasteiger partial charge < -0.3 is 16.0 Å². The van der Waals surface area contributed by atoms with Gasteiger partial charge in [0.15, 0.2) is 0 Å². The molecular formula is C20H29N5O3. The minimum Gasteiger partial charge on any atom is -0.383 e. The molecule has 1 aromatic heterocycles. The summed E-state index contributed by atoms with van der Waals surface area (Å²) in [6, 6.07) is 7.89. The van der Waals surface area contributed by atoms with Gasteiger partial charge in [0.25, 0.3) is 5.56 Å². The Bertz CT molecular complexity index is 915. The normalized spacial score (nSPS) is 10.7. The van der Waals surface area contributed by atoms with Crippen LogP contribution in [-0.4, -0.2) is 28.5 Å². The van der Waals surface area contributed by atoms with Crippen molar-refractivity contribution in [2.45, 2.75) is 46.7 Å². The largest absolute Gasteiger partial charge is 0.383 e. The molecule has 1 aromatic carbocycles. The number of hydrogen-bond donors (Lipinski definition) is 3. The van der Waals surface area contributed by atoms with E-state index in [1.54, 1.807) is 4.90 Å². The molecule has 0 aliphatic rings. The van der Waals surface area contributed by atoms with E-state index in [0.717, 1.165) is 24.0 Å². The van der Waals surface area contributed by atoms with Gasteiger partial charge in [-0.25, -0.2) is 4.79 Å². The molecule has 1 amide bonds. The van der Waals surface area contributed by atoms with Gasteiger partial charge in [-0.15, -0.1) is 0 Å². The number of hydrogen-bond acceptors (Lipinski definition) is 5. The maximum atomic E-state index is 12.4. The van der Waals surface area contributed by atoms with Crippen LogP contribution < -0.4 is 27.2 Å². The summed E-state index contributed by atoms with van der Waals surface area (Å²) >= 11 is 0. The second kappa shape index (κ2) is 9.77. The topological polar surface area (TPSA) is 113 Å². The lowest BCUT2D eigenvalue weighted by molar-refractivity contribution is -0.119. The van der Waals surface area contributed by atoms with Crippen LogP contribution in [0.1, 0.15) is 37.8 Å². The van der Waals surface area contributed by atoms with Gasteiger partial charge in [-0.3, -0.25) is 19.1 Å². The minimum atomic E-state index is -0.580. The first-order chi connectivity index (χ1) is 13.4. The monoisotopic (exact) mass is 387 g/mol. The number of nitrogen functional groups attached to an aromatic ring is 1. The van der Waals surface area contributed by atoms with Gasteiger partial charge in [0.05, 0.1) is 6.54 Å². The number of anilines is 2. The first-order valence-electron chi connectivity index (χ1n) is 9.57. The Morgan fingerprint density at radius 2 is 1.89 bits per heavy atom. The number of aromatic amines is 1. The number of unbranched alkanes of at least 4 members (excludes halogenated alkanes) is 1. The van der Waals surface area contributed by atoms with E-state index in [4.69, 9.17) is 5.73 Å². The maximum Gasteiger partial charge on any atom is 0.330 e. The zero-order chi connectivity index (χ0) is 20.7. The molecule has 0 radical (unpaired) electrons. The number of likely N-dealkylation sites (N-methyl/N-ethyl adjacent to an activating group) is 1. The lowest BCUT2D eigenvalue weighted by Crippen LogP contribution is -2.42. The number of carbonyl (C=O) groups excluding carboxylic acids is 1. The van der Waals surface area contributed by atoms with Crippen LogP contribution in [0.25, 0.3) is 0 Å². The molecule has 0 bridgehead atoms. The average Bonchev–Trinajstić information content (AvgIpc) is 2.66. The zero-order valence-electron chi connectivity index (χ0n) is 16.7. The number of H-pyrrole nitrogens is 1. The van der Waals surface area contributed by atoms with E-state index in [0.29, 0.717) is 19.6 Å². The van der Waals surface area contributed by atoms with Crippen LogP contribution in [0.15, 0.2) is 33.9 Å². The molecule has 8 heteroatoms. The van der Waals surface area contributed by atoms with Gasteiger partial charge in [0.2, 0.25) is 5.91 Å². The van der Waals surface area contributed by atoms with Gasteiger partial charge in [0.1, 0.15) is 11.5 Å². The standard InChI is InChI=1S/C20H29N5O3/c1-4-6-11-25-18(21)17(19(27)23-20(25)28)24(5-2)13-16(26)22-12-15-9-7-14(3)8-10-15/h7-10H,4-6,11-13,21H2,1-3H3,(H,22,26)(H,23,27,28). The van der Waals surface area contributed by atoms with Crippen LogP contribution in [0.5, 0.6) is 0 Å². The van der Waals surface area contributed by atoms with Gasteiger partial charge in [0, 0.05) is 19.6 Å². The number of nitrogens with zero attached hydrogens (tertiary/aromatic N) is 2. The van der Waals surface area contributed by atoms with Crippen molar-refractivity contribution in [2.24, 2.45) is 0 Å². The molecule has 0 atom stereocenters. The number of aryl methyl sites for hydroxylation is 1. The molecule has 0 fully saturated rings. The number of amides is 1. The Labute approximate surface area is 164 Å². The summed E-state index contributed by atoms with van der Waals surface area (Å²) in [6.45, 7) is 7.03. The Morgan fingerprint density at radius 1 is 1.21 bits per heavy atom. The summed E-state index contributed by atoms with van der Waals surface area (Å²) in [4.78, 5) is 40.7. The third kappa shape index (κ3) is 5.25. The number of rotatable bonds is 9. The van der Waals surface area contributed by atoms with E-state index < -0.39 is 11.2 Å². The Kier molecular flexibility index (Phi) is 7.43. The van der Waals surface area contributed by atoms with Gasteiger partial charge in [-0.05, 0) is 25.8 Å². The SMILES string of the molecule is CCCCn1c(N)c(N(CC)CC(=O)NCc2ccc(C)cc2)c(=O)[nH]c1=O. The molecule has 1 heterocycles. The molecule has 152 valence electrons. The third-order valence-electron chi connectivity index (χ3n) is 4.59. The lowest BCUT2D eigenvalue weighted by atomic mass is 10.1. The Hall–Kier alpha value is -3.03. The molecule has 0 saturated heterocycles. The van der Waals surface area contributed by atoms with E-state index in [1.165, 1.54) is 4.57 Å². The molecule has 0 aliphatic heterocycles. The second-order valence-corrected chi connectivity index (χ2v) is 6.77. The van der Waals surface area contributed by atoms with Crippen molar-refractivity contribution in [3.05, 3.63) is 56.2 Å². The summed E-state index contributed by atoms with van der Waals surface area (Å²) in [5.74, 6) is -0.136. The summed E-state index contributed by atoms with van der Waals surface area (Å²) in [5, 5.41) is 2.85. The van der Waals surface area contributed by atoms with Crippen molar-refractivity contribution in [1.82, 2.24) is 14.9 Å². The molecular weight excluding hydrogens is 358 g/mol. The molecule has 0 aliphatic carbocycles. The molecule has 2 aromatic rings. The van der Waals surface area contributed by atoms with Crippen LogP contribution in [-0.2, 0) is 17.9 Å². The van der Waals surface area contributed by atoms with Crippen LogP contribution in [0.4, 0.5) is 11.5 Å². The van der Waals surface area contributed by atoms with E-state index in [9.17, 15) is 14.4 Å². The minimum absolute atomic E-state index is 0.0262. The Balaban J connectivity index is 2.15. The van der Waals surface area contributed by atoms with Gasteiger partial charge >= 0.3 is 5.69 Å². The predicted molar refractivity (Wildman–Crippen MR) is 112 cm³/mol. The molecule has 0 spiro atoms. The van der Waals surface area contributed by atoms with E-state index >= 15 is 0 Å². The zero-order valence-corrected chi connectivity index (χ0v) is 16.7. The highest BCUT2D eigenvalue weighted by Gasteiger charge is 2.19. The fraction of sp³-hybridized carbons (Fsp3) is 0.450. The van der Waals surface area contributed by atoms with E-state index in [1.807, 2.05) is 45.0 Å². The summed E-state index contributed by atoms with van der Waals surface area (Å²) in [5.41, 5.74) is 7.32. The smallest absolute Gasteiger partial charge is 0.330 e. The fourth-order valence-electron chi connectivity index (χ4n) is 2.91. The quantitative estimate of drug-likeness (QED) is 0.601. The first kappa shape index (κ1) is 21.3. The highest BCUT2D eigenvalue weighted by molar-refractivity contribution is 5.82. The van der Waals surface area contributed by atoms with Crippen molar-refractivity contribution in [3.63, 3.8) is 0 Å². The average molecular weight is 387 g/mol. The lowest BCUT2D eigenvalue weighted by Gasteiger charge is -2.24. The van der Waals surface area contributed by atoms with Crippen molar-refractivity contribution >= 4 is 17.4 Å². The fourth-order valence-corrected chi connectivity index (χ4v) is 2.91. The van der Waals surface area contributed by atoms with Crippen molar-refractivity contribution in [1.29, 1.82) is 0 Å². The summed E-state index contributed by atoms with van der Waals surface area (Å²) < 4.78 is 1.35. The van der Waals surface area contributed by atoms with Gasteiger partial charge in [-0.1, -0.05) is 43.2 Å². The van der Waals surface area contributed by atoms with Crippen LogP contribution >= 0.6 is 0 Å². The molecule has 4 N–H and O–H groups in total. The van der Waals surface area contributed by atoms with E-state index in [-0.39, 0.29) is 24.0 Å². The number of benzene rings is 1. The summed E-state index contributed by atoms with van der Waals surface area (Å²) in [6.07, 6.45) is 1.65. The third-order valence-corrected chi connectivity index (χ3v) is 4.59. The molecule has 0 saturated carbocycles. The molecule has 28 heavy (non-hydrogen) atoms. The molecule has 0 unspecified atom stereocenters. The highest BCUT2D eigenvalue weighted by Crippen LogP contribution is 2.16. The van der Waals surface area contributed by atoms with Crippen LogP contribution in [0.2, 0.25) is 0 Å². The highest BCUT2D eigenvalue weighted by atomic mass is 16.2. The predicted octanol–water partition coefficient (Wildman–Crippen LogP) is 1.37.